The van der Waals surface area contributed by atoms with Gasteiger partial charge in [-0.25, -0.2) is 9.59 Å². The Morgan fingerprint density at radius 3 is 1.87 bits per heavy atom. The minimum absolute atomic E-state index is 0.0281. The van der Waals surface area contributed by atoms with Crippen molar-refractivity contribution in [3.63, 3.8) is 0 Å². The molecule has 0 spiro atoms. The second kappa shape index (κ2) is 7.56. The molecule has 0 saturated heterocycles. The summed E-state index contributed by atoms with van der Waals surface area (Å²) in [6, 6.07) is 13.4. The molecule has 1 unspecified atom stereocenters. The lowest BCUT2D eigenvalue weighted by molar-refractivity contribution is 0.0289. The van der Waals surface area contributed by atoms with Crippen molar-refractivity contribution in [2.75, 3.05) is 6.61 Å². The summed E-state index contributed by atoms with van der Waals surface area (Å²) in [5, 5.41) is 17.7. The lowest BCUT2D eigenvalue weighted by Gasteiger charge is -2.12. The Bertz CT molecular complexity index is 674. The molecule has 120 valence electrons. The van der Waals surface area contributed by atoms with Crippen LogP contribution in [0.2, 0.25) is 0 Å². The molecule has 1 atom stereocenters. The van der Waals surface area contributed by atoms with E-state index < -0.39 is 11.9 Å². The van der Waals surface area contributed by atoms with Gasteiger partial charge in [-0.15, -0.1) is 0 Å². The van der Waals surface area contributed by atoms with Crippen molar-refractivity contribution in [2.24, 2.45) is 0 Å². The predicted molar refractivity (Wildman–Crippen MR) is 85.4 cm³/mol. The highest BCUT2D eigenvalue weighted by Gasteiger charge is 2.12. The van der Waals surface area contributed by atoms with Crippen LogP contribution in [0, 0.1) is 0 Å². The van der Waals surface area contributed by atoms with Crippen LogP contribution in [-0.2, 0) is 4.74 Å². The number of esters is 1. The maximum atomic E-state index is 11.9. The number of aromatic carboxylic acids is 1. The normalized spacial score (nSPS) is 11.7. The van der Waals surface area contributed by atoms with Crippen molar-refractivity contribution in [3.05, 3.63) is 59.7 Å². The van der Waals surface area contributed by atoms with Gasteiger partial charge >= 0.3 is 11.9 Å². The van der Waals surface area contributed by atoms with Gasteiger partial charge in [-0.2, -0.15) is 0 Å². The summed E-state index contributed by atoms with van der Waals surface area (Å²) in [6.45, 7) is 1.70. The van der Waals surface area contributed by atoms with Crippen LogP contribution >= 0.6 is 0 Å². The van der Waals surface area contributed by atoms with Gasteiger partial charge in [0.25, 0.3) is 0 Å². The highest BCUT2D eigenvalue weighted by Crippen LogP contribution is 2.21. The van der Waals surface area contributed by atoms with E-state index in [1.54, 1.807) is 43.3 Å². The third-order valence-corrected chi connectivity index (χ3v) is 3.43. The van der Waals surface area contributed by atoms with E-state index in [1.165, 1.54) is 12.1 Å². The van der Waals surface area contributed by atoms with Gasteiger partial charge in [-0.3, -0.25) is 0 Å². The molecular formula is C18H18O5. The second-order valence-electron chi connectivity index (χ2n) is 5.19. The molecule has 0 amide bonds. The largest absolute Gasteiger partial charge is 0.478 e. The van der Waals surface area contributed by atoms with E-state index in [0.29, 0.717) is 12.0 Å². The summed E-state index contributed by atoms with van der Waals surface area (Å²) in [6.07, 6.45) is 0.0653. The maximum Gasteiger partial charge on any atom is 0.338 e. The van der Waals surface area contributed by atoms with Crippen LogP contribution in [0.5, 0.6) is 0 Å². The quantitative estimate of drug-likeness (QED) is 0.801. The fraction of sp³-hybridized carbons (Fsp3) is 0.222. The minimum Gasteiger partial charge on any atom is -0.478 e. The van der Waals surface area contributed by atoms with Crippen LogP contribution in [0.25, 0.3) is 11.1 Å². The zero-order valence-electron chi connectivity index (χ0n) is 12.7. The summed E-state index contributed by atoms with van der Waals surface area (Å²) in [5.41, 5.74) is 2.40. The van der Waals surface area contributed by atoms with Crippen molar-refractivity contribution in [2.45, 2.75) is 19.4 Å². The van der Waals surface area contributed by atoms with E-state index in [9.17, 15) is 9.59 Å². The summed E-state index contributed by atoms with van der Waals surface area (Å²) >= 11 is 0. The molecule has 0 fully saturated rings. The van der Waals surface area contributed by atoms with Crippen LogP contribution in [0.1, 0.15) is 34.1 Å². The van der Waals surface area contributed by atoms with Crippen molar-refractivity contribution in [3.8, 4) is 11.1 Å². The number of carboxylic acid groups (broad SMARTS) is 1. The number of rotatable bonds is 6. The Balaban J connectivity index is 2.09. The lowest BCUT2D eigenvalue weighted by atomic mass is 10.0. The van der Waals surface area contributed by atoms with Crippen LogP contribution in [0.15, 0.2) is 48.5 Å². The third kappa shape index (κ3) is 4.40. The second-order valence-corrected chi connectivity index (χ2v) is 5.19. The van der Waals surface area contributed by atoms with Crippen molar-refractivity contribution >= 4 is 11.9 Å². The highest BCUT2D eigenvalue weighted by atomic mass is 16.5. The number of aliphatic hydroxyl groups is 1. The van der Waals surface area contributed by atoms with E-state index in [2.05, 4.69) is 0 Å². The van der Waals surface area contributed by atoms with Gasteiger partial charge in [0.2, 0.25) is 0 Å². The molecule has 0 aromatic heterocycles. The van der Waals surface area contributed by atoms with Crippen LogP contribution in [0.3, 0.4) is 0 Å². The molecule has 0 heterocycles. The number of aliphatic hydroxyl groups excluding tert-OH is 1. The Labute approximate surface area is 134 Å². The number of hydrogen-bond donors (Lipinski definition) is 2. The standard InChI is InChI=1S/C18H18O5/c1-12(10-11-19)23-18(22)16-8-4-14(5-9-16)13-2-6-15(7-3-13)17(20)21/h2-9,12,19H,10-11H2,1H3,(H,20,21). The fourth-order valence-electron chi connectivity index (χ4n) is 2.10. The monoisotopic (exact) mass is 314 g/mol. The minimum atomic E-state index is -0.966. The molecular weight excluding hydrogens is 296 g/mol. The van der Waals surface area contributed by atoms with Gasteiger partial charge < -0.3 is 14.9 Å². The van der Waals surface area contributed by atoms with Crippen LogP contribution < -0.4 is 0 Å². The van der Waals surface area contributed by atoms with Crippen LogP contribution in [-0.4, -0.2) is 34.9 Å². The van der Waals surface area contributed by atoms with E-state index >= 15 is 0 Å². The van der Waals surface area contributed by atoms with E-state index in [-0.39, 0.29) is 18.3 Å². The van der Waals surface area contributed by atoms with Crippen molar-refractivity contribution < 1.29 is 24.5 Å². The Hall–Kier alpha value is -2.66. The molecule has 2 aromatic carbocycles. The number of carbonyl (C=O) groups excluding carboxylic acids is 1. The SMILES string of the molecule is CC(CCO)OC(=O)c1ccc(-c2ccc(C(=O)O)cc2)cc1. The first kappa shape index (κ1) is 16.7. The number of hydrogen-bond acceptors (Lipinski definition) is 4. The molecule has 2 rings (SSSR count). The topological polar surface area (TPSA) is 83.8 Å². The molecule has 23 heavy (non-hydrogen) atoms. The first-order chi connectivity index (χ1) is 11.0. The molecule has 5 nitrogen and oxygen atoms in total. The van der Waals surface area contributed by atoms with Gasteiger partial charge in [-0.1, -0.05) is 24.3 Å². The van der Waals surface area contributed by atoms with Crippen LogP contribution in [0.4, 0.5) is 0 Å². The zero-order chi connectivity index (χ0) is 16.8. The number of ether oxygens (including phenoxy) is 1. The van der Waals surface area contributed by atoms with E-state index in [0.717, 1.165) is 11.1 Å². The van der Waals surface area contributed by atoms with Gasteiger partial charge in [-0.05, 0) is 42.3 Å². The Kier molecular flexibility index (Phi) is 5.49. The molecule has 0 bridgehead atoms. The molecule has 5 heteroatoms. The van der Waals surface area contributed by atoms with Crippen molar-refractivity contribution in [1.29, 1.82) is 0 Å². The summed E-state index contributed by atoms with van der Waals surface area (Å²) in [4.78, 5) is 22.8. The average Bonchev–Trinajstić information content (AvgIpc) is 2.55. The number of carbonyl (C=O) groups is 2. The lowest BCUT2D eigenvalue weighted by Crippen LogP contribution is -2.16. The molecule has 2 aromatic rings. The maximum absolute atomic E-state index is 11.9. The average molecular weight is 314 g/mol. The predicted octanol–water partition coefficient (Wildman–Crippen LogP) is 2.98. The summed E-state index contributed by atoms with van der Waals surface area (Å²) in [7, 11) is 0. The molecule has 0 saturated carbocycles. The molecule has 0 aliphatic carbocycles. The smallest absolute Gasteiger partial charge is 0.338 e. The van der Waals surface area contributed by atoms with Crippen molar-refractivity contribution in [1.82, 2.24) is 0 Å². The molecule has 2 N–H and O–H groups in total. The fourth-order valence-corrected chi connectivity index (χ4v) is 2.10. The summed E-state index contributed by atoms with van der Waals surface area (Å²) in [5.74, 6) is -1.40. The third-order valence-electron chi connectivity index (χ3n) is 3.43. The molecule has 0 aliphatic rings. The molecule has 0 radical (unpaired) electrons. The Morgan fingerprint density at radius 2 is 1.43 bits per heavy atom. The van der Waals surface area contributed by atoms with Gasteiger partial charge in [0.1, 0.15) is 6.10 Å². The van der Waals surface area contributed by atoms with E-state index in [4.69, 9.17) is 14.9 Å². The summed E-state index contributed by atoms with van der Waals surface area (Å²) < 4.78 is 5.20. The van der Waals surface area contributed by atoms with Gasteiger partial charge in [0, 0.05) is 13.0 Å². The van der Waals surface area contributed by atoms with Gasteiger partial charge in [0.15, 0.2) is 0 Å². The highest BCUT2D eigenvalue weighted by molar-refractivity contribution is 5.90. The first-order valence-electron chi connectivity index (χ1n) is 7.27. The first-order valence-corrected chi connectivity index (χ1v) is 7.27. The zero-order valence-corrected chi connectivity index (χ0v) is 12.7. The number of carboxylic acids is 1. The van der Waals surface area contributed by atoms with Gasteiger partial charge in [0.05, 0.1) is 11.1 Å². The molecule has 0 aliphatic heterocycles. The van der Waals surface area contributed by atoms with E-state index in [1.807, 2.05) is 0 Å². The number of benzene rings is 2. The Morgan fingerprint density at radius 1 is 0.957 bits per heavy atom.